The topological polar surface area (TPSA) is 68.0 Å². The molecule has 0 aliphatic heterocycles. The number of aromatic nitrogens is 1. The second kappa shape index (κ2) is 7.25. The third kappa shape index (κ3) is 3.72. The zero-order valence-corrected chi connectivity index (χ0v) is 15.1. The predicted molar refractivity (Wildman–Crippen MR) is 103 cm³/mol. The van der Waals surface area contributed by atoms with E-state index in [9.17, 15) is 4.79 Å². The van der Waals surface area contributed by atoms with Gasteiger partial charge in [-0.2, -0.15) is 0 Å². The zero-order valence-electron chi connectivity index (χ0n) is 12.7. The van der Waals surface area contributed by atoms with Crippen LogP contribution in [0, 0.1) is 0 Å². The highest BCUT2D eigenvalue weighted by Gasteiger charge is 2.18. The summed E-state index contributed by atoms with van der Waals surface area (Å²) in [6.45, 7) is 0. The largest absolute Gasteiger partial charge is 0.382 e. The first-order valence-electron chi connectivity index (χ1n) is 7.04. The Morgan fingerprint density at radius 1 is 1.25 bits per heavy atom. The van der Waals surface area contributed by atoms with Gasteiger partial charge < -0.3 is 11.1 Å². The number of hydrogen-bond donors (Lipinski definition) is 2. The fourth-order valence-electron chi connectivity index (χ4n) is 2.13. The number of rotatable bonds is 5. The molecule has 1 aromatic heterocycles. The average Bonchev–Trinajstić information content (AvgIpc) is 2.94. The molecule has 0 saturated heterocycles. The zero-order chi connectivity index (χ0) is 17.1. The lowest BCUT2D eigenvalue weighted by Gasteiger charge is -2.03. The molecule has 3 aromatic rings. The van der Waals surface area contributed by atoms with Gasteiger partial charge in [0.05, 0.1) is 0 Å². The number of ketones is 1. The molecule has 0 bridgehead atoms. The van der Waals surface area contributed by atoms with Gasteiger partial charge in [-0.25, -0.2) is 4.98 Å². The number of carbonyl (C=O) groups is 1. The lowest BCUT2D eigenvalue weighted by molar-refractivity contribution is 0.104. The molecule has 0 aliphatic carbocycles. The fourth-order valence-corrected chi connectivity index (χ4v) is 3.65. The Hall–Kier alpha value is -2.02. The van der Waals surface area contributed by atoms with Gasteiger partial charge in [0.2, 0.25) is 5.78 Å². The molecule has 7 heteroatoms. The van der Waals surface area contributed by atoms with E-state index in [-0.39, 0.29) is 11.6 Å². The van der Waals surface area contributed by atoms with E-state index < -0.39 is 0 Å². The van der Waals surface area contributed by atoms with Crippen LogP contribution >= 0.6 is 34.7 Å². The van der Waals surface area contributed by atoms with Crippen molar-refractivity contribution in [2.75, 3.05) is 17.3 Å². The first-order chi connectivity index (χ1) is 11.6. The summed E-state index contributed by atoms with van der Waals surface area (Å²) in [5.74, 6) is 0.0342. The molecule has 0 aliphatic rings. The number of hydrogen-bond acceptors (Lipinski definition) is 6. The van der Waals surface area contributed by atoms with Gasteiger partial charge in [-0.3, -0.25) is 4.79 Å². The van der Waals surface area contributed by atoms with Gasteiger partial charge >= 0.3 is 0 Å². The van der Waals surface area contributed by atoms with Gasteiger partial charge in [0.15, 0.2) is 5.13 Å². The number of nitrogens with one attached hydrogen (secondary N) is 1. The minimum absolute atomic E-state index is 0.182. The molecule has 0 spiro atoms. The second-order valence-electron chi connectivity index (χ2n) is 4.93. The Balaban J connectivity index is 1.86. The van der Waals surface area contributed by atoms with Crippen molar-refractivity contribution >= 4 is 57.1 Å². The minimum Gasteiger partial charge on any atom is -0.382 e. The quantitative estimate of drug-likeness (QED) is 0.481. The van der Waals surface area contributed by atoms with Gasteiger partial charge in [0.25, 0.3) is 0 Å². The highest BCUT2D eigenvalue weighted by Crippen LogP contribution is 2.31. The third-order valence-electron chi connectivity index (χ3n) is 3.27. The molecule has 24 heavy (non-hydrogen) atoms. The molecule has 0 saturated carbocycles. The normalized spacial score (nSPS) is 10.6. The van der Waals surface area contributed by atoms with Crippen molar-refractivity contribution in [2.24, 2.45) is 0 Å². The van der Waals surface area contributed by atoms with Gasteiger partial charge in [0.1, 0.15) is 10.7 Å². The maximum absolute atomic E-state index is 12.6. The van der Waals surface area contributed by atoms with Crippen LogP contribution in [0.2, 0.25) is 5.02 Å². The number of anilines is 3. The molecular weight excluding hydrogens is 362 g/mol. The molecule has 0 unspecified atom stereocenters. The molecule has 0 amide bonds. The van der Waals surface area contributed by atoms with E-state index in [0.717, 1.165) is 10.6 Å². The van der Waals surface area contributed by atoms with Gasteiger partial charge in [-0.1, -0.05) is 41.1 Å². The molecule has 2 aromatic carbocycles. The Kier molecular flexibility index (Phi) is 5.08. The Labute approximate surface area is 153 Å². The number of carbonyl (C=O) groups excluding carboxylic acids is 1. The van der Waals surface area contributed by atoms with Crippen molar-refractivity contribution in [2.45, 2.75) is 4.90 Å². The van der Waals surface area contributed by atoms with E-state index in [0.29, 0.717) is 20.6 Å². The molecule has 0 atom stereocenters. The minimum atomic E-state index is -0.182. The molecule has 0 radical (unpaired) electrons. The van der Waals surface area contributed by atoms with Crippen molar-refractivity contribution in [3.63, 3.8) is 0 Å². The summed E-state index contributed by atoms with van der Waals surface area (Å²) in [5.41, 5.74) is 7.32. The van der Waals surface area contributed by atoms with Crippen molar-refractivity contribution in [1.29, 1.82) is 0 Å². The monoisotopic (exact) mass is 375 g/mol. The molecular formula is C17H14ClN3OS2. The summed E-state index contributed by atoms with van der Waals surface area (Å²) in [6.07, 6.45) is 2.02. The van der Waals surface area contributed by atoms with Crippen molar-refractivity contribution in [1.82, 2.24) is 4.98 Å². The highest BCUT2D eigenvalue weighted by molar-refractivity contribution is 7.98. The summed E-state index contributed by atoms with van der Waals surface area (Å²) < 4.78 is 0. The lowest BCUT2D eigenvalue weighted by Crippen LogP contribution is -2.02. The lowest BCUT2D eigenvalue weighted by atomic mass is 10.1. The standard InChI is InChI=1S/C17H14ClN3OS2/c1-23-13-7-3-6-12(9-13)20-17-21-16(19)15(24-17)14(22)10-4-2-5-11(18)8-10/h2-9H,19H2,1H3,(H,20,21). The van der Waals surface area contributed by atoms with Crippen molar-refractivity contribution in [3.8, 4) is 0 Å². The Bertz CT molecular complexity index is 895. The number of nitrogens with zero attached hydrogens (tertiary/aromatic N) is 1. The van der Waals surface area contributed by atoms with E-state index >= 15 is 0 Å². The number of thioether (sulfide) groups is 1. The van der Waals surface area contributed by atoms with Crippen LogP contribution in [0.15, 0.2) is 53.4 Å². The van der Waals surface area contributed by atoms with Crippen LogP contribution in [0.4, 0.5) is 16.6 Å². The highest BCUT2D eigenvalue weighted by atomic mass is 35.5. The molecule has 4 nitrogen and oxygen atoms in total. The summed E-state index contributed by atoms with van der Waals surface area (Å²) in [4.78, 5) is 18.4. The van der Waals surface area contributed by atoms with Crippen molar-refractivity contribution in [3.05, 3.63) is 64.0 Å². The predicted octanol–water partition coefficient (Wildman–Crippen LogP) is 5.08. The van der Waals surface area contributed by atoms with E-state index in [1.807, 2.05) is 30.5 Å². The fraction of sp³-hybridized carbons (Fsp3) is 0.0588. The molecule has 3 N–H and O–H groups in total. The summed E-state index contributed by atoms with van der Waals surface area (Å²) in [6, 6.07) is 14.7. The molecule has 3 rings (SSSR count). The van der Waals surface area contributed by atoms with Crippen LogP contribution < -0.4 is 11.1 Å². The first-order valence-corrected chi connectivity index (χ1v) is 9.46. The number of halogens is 1. The van der Waals surface area contributed by atoms with E-state index in [1.165, 1.54) is 11.3 Å². The van der Waals surface area contributed by atoms with Crippen molar-refractivity contribution < 1.29 is 4.79 Å². The second-order valence-corrected chi connectivity index (χ2v) is 7.24. The van der Waals surface area contributed by atoms with Crippen LogP contribution in [0.3, 0.4) is 0 Å². The van der Waals surface area contributed by atoms with Crippen LogP contribution in [-0.4, -0.2) is 17.0 Å². The Morgan fingerprint density at radius 3 is 2.79 bits per heavy atom. The van der Waals surface area contributed by atoms with Crippen LogP contribution in [0.25, 0.3) is 0 Å². The molecule has 122 valence electrons. The SMILES string of the molecule is CSc1cccc(Nc2nc(N)c(C(=O)c3cccc(Cl)c3)s2)c1. The molecule has 1 heterocycles. The summed E-state index contributed by atoms with van der Waals surface area (Å²) in [5, 5.41) is 4.28. The summed E-state index contributed by atoms with van der Waals surface area (Å²) >= 11 is 8.83. The van der Waals surface area contributed by atoms with E-state index in [4.69, 9.17) is 17.3 Å². The summed E-state index contributed by atoms with van der Waals surface area (Å²) in [7, 11) is 0. The number of nitrogen functional groups attached to an aromatic ring is 1. The van der Waals surface area contributed by atoms with E-state index in [1.54, 1.807) is 36.0 Å². The van der Waals surface area contributed by atoms with E-state index in [2.05, 4.69) is 10.3 Å². The smallest absolute Gasteiger partial charge is 0.206 e. The van der Waals surface area contributed by atoms with Gasteiger partial charge in [0, 0.05) is 21.2 Å². The van der Waals surface area contributed by atoms with Gasteiger partial charge in [-0.15, -0.1) is 11.8 Å². The number of thiazole rings is 1. The average molecular weight is 376 g/mol. The van der Waals surface area contributed by atoms with Crippen LogP contribution in [0.1, 0.15) is 15.2 Å². The third-order valence-corrected chi connectivity index (χ3v) is 5.21. The van der Waals surface area contributed by atoms with Crippen LogP contribution in [-0.2, 0) is 0 Å². The number of benzene rings is 2. The number of nitrogens with two attached hydrogens (primary N) is 1. The molecule has 0 fully saturated rings. The maximum atomic E-state index is 12.6. The Morgan fingerprint density at radius 2 is 2.04 bits per heavy atom. The first kappa shape index (κ1) is 16.8. The van der Waals surface area contributed by atoms with Crippen LogP contribution in [0.5, 0.6) is 0 Å². The maximum Gasteiger partial charge on any atom is 0.206 e. The van der Waals surface area contributed by atoms with Gasteiger partial charge in [-0.05, 0) is 36.6 Å².